The van der Waals surface area contributed by atoms with Gasteiger partial charge in [-0.05, 0) is 6.42 Å². The summed E-state index contributed by atoms with van der Waals surface area (Å²) in [5, 5.41) is 6.73. The molecule has 1 aliphatic carbocycles. The van der Waals surface area contributed by atoms with Crippen LogP contribution in [0, 0.1) is 11.3 Å². The Bertz CT molecular complexity index is 325. The molecule has 1 saturated carbocycles. The van der Waals surface area contributed by atoms with E-state index in [2.05, 4.69) is 36.1 Å². The highest BCUT2D eigenvalue weighted by molar-refractivity contribution is 5.80. The summed E-state index contributed by atoms with van der Waals surface area (Å²) in [5.74, 6) is 1.49. The average Bonchev–Trinajstić information content (AvgIpc) is 2.76. The van der Waals surface area contributed by atoms with Crippen molar-refractivity contribution in [3.05, 3.63) is 12.7 Å². The molecule has 96 valence electrons. The molecule has 2 N–H and O–H groups in total. The number of fused-ring (bicyclic) bond motifs is 1. The summed E-state index contributed by atoms with van der Waals surface area (Å²) in [5.41, 5.74) is 0.187. The fourth-order valence-electron chi connectivity index (χ4n) is 3.13. The summed E-state index contributed by atoms with van der Waals surface area (Å²) in [7, 11) is 1.80. The van der Waals surface area contributed by atoms with E-state index in [9.17, 15) is 0 Å². The van der Waals surface area contributed by atoms with Gasteiger partial charge in [-0.2, -0.15) is 0 Å². The van der Waals surface area contributed by atoms with Crippen LogP contribution in [0.3, 0.4) is 0 Å². The van der Waals surface area contributed by atoms with Crippen molar-refractivity contribution >= 4 is 5.96 Å². The quantitative estimate of drug-likeness (QED) is 0.440. The molecule has 2 aliphatic rings. The first kappa shape index (κ1) is 12.4. The first-order chi connectivity index (χ1) is 8.11. The summed E-state index contributed by atoms with van der Waals surface area (Å²) in [4.78, 5) is 4.23. The van der Waals surface area contributed by atoms with Gasteiger partial charge in [-0.1, -0.05) is 19.9 Å². The zero-order valence-electron chi connectivity index (χ0n) is 11.0. The lowest BCUT2D eigenvalue weighted by Gasteiger charge is -2.54. The van der Waals surface area contributed by atoms with E-state index in [1.54, 1.807) is 7.05 Å². The summed E-state index contributed by atoms with van der Waals surface area (Å²) in [6.45, 7) is 9.85. The lowest BCUT2D eigenvalue weighted by atomic mass is 9.57. The lowest BCUT2D eigenvalue weighted by Crippen LogP contribution is -2.67. The van der Waals surface area contributed by atoms with E-state index >= 15 is 0 Å². The van der Waals surface area contributed by atoms with Gasteiger partial charge in [0, 0.05) is 37.6 Å². The molecule has 0 radical (unpaired) electrons. The van der Waals surface area contributed by atoms with Gasteiger partial charge in [0.05, 0.1) is 6.10 Å². The van der Waals surface area contributed by atoms with E-state index in [0.717, 1.165) is 25.5 Å². The highest BCUT2D eigenvalue weighted by atomic mass is 16.5. The molecular weight excluding hydrogens is 214 g/mol. The maximum absolute atomic E-state index is 5.78. The average molecular weight is 237 g/mol. The van der Waals surface area contributed by atoms with Gasteiger partial charge < -0.3 is 15.4 Å². The van der Waals surface area contributed by atoms with Crippen LogP contribution < -0.4 is 10.6 Å². The van der Waals surface area contributed by atoms with E-state index in [-0.39, 0.29) is 5.41 Å². The second-order valence-corrected chi connectivity index (χ2v) is 5.43. The molecule has 0 aromatic carbocycles. The van der Waals surface area contributed by atoms with E-state index in [1.807, 2.05) is 6.08 Å². The van der Waals surface area contributed by atoms with Crippen LogP contribution in [0.25, 0.3) is 0 Å². The van der Waals surface area contributed by atoms with Crippen LogP contribution in [0.15, 0.2) is 17.6 Å². The van der Waals surface area contributed by atoms with E-state index in [0.29, 0.717) is 18.1 Å². The first-order valence-electron chi connectivity index (χ1n) is 6.31. The Kier molecular flexibility index (Phi) is 3.43. The van der Waals surface area contributed by atoms with Crippen LogP contribution in [0.5, 0.6) is 0 Å². The number of guanidine groups is 1. The molecule has 1 saturated heterocycles. The van der Waals surface area contributed by atoms with Gasteiger partial charge in [0.1, 0.15) is 0 Å². The maximum Gasteiger partial charge on any atom is 0.191 e. The third kappa shape index (κ3) is 2.06. The normalized spacial score (nSPS) is 34.8. The van der Waals surface area contributed by atoms with Crippen molar-refractivity contribution in [1.29, 1.82) is 0 Å². The highest BCUT2D eigenvalue weighted by Crippen LogP contribution is 2.51. The van der Waals surface area contributed by atoms with Gasteiger partial charge in [-0.15, -0.1) is 6.58 Å². The van der Waals surface area contributed by atoms with Gasteiger partial charge in [-0.25, -0.2) is 0 Å². The molecule has 1 aliphatic heterocycles. The monoisotopic (exact) mass is 237 g/mol. The zero-order chi connectivity index (χ0) is 12.5. The smallest absolute Gasteiger partial charge is 0.191 e. The van der Waals surface area contributed by atoms with Gasteiger partial charge >= 0.3 is 0 Å². The zero-order valence-corrected chi connectivity index (χ0v) is 11.0. The Hall–Kier alpha value is -1.03. The first-order valence-corrected chi connectivity index (χ1v) is 6.31. The summed E-state index contributed by atoms with van der Waals surface area (Å²) in [6, 6.07) is 0.450. The van der Waals surface area contributed by atoms with Crippen LogP contribution in [0.1, 0.15) is 20.3 Å². The Morgan fingerprint density at radius 3 is 3.00 bits per heavy atom. The predicted molar refractivity (Wildman–Crippen MR) is 70.1 cm³/mol. The maximum atomic E-state index is 5.78. The molecule has 4 heteroatoms. The molecule has 17 heavy (non-hydrogen) atoms. The Morgan fingerprint density at radius 1 is 1.59 bits per heavy atom. The Morgan fingerprint density at radius 2 is 2.35 bits per heavy atom. The second-order valence-electron chi connectivity index (χ2n) is 5.43. The van der Waals surface area contributed by atoms with Crippen molar-refractivity contribution < 1.29 is 4.74 Å². The van der Waals surface area contributed by atoms with Crippen molar-refractivity contribution in [1.82, 2.24) is 10.6 Å². The van der Waals surface area contributed by atoms with Crippen LogP contribution in [0.4, 0.5) is 0 Å². The SMILES string of the molecule is C=CCNC(=NC)NC1C2CCOC2C1(C)C. The van der Waals surface area contributed by atoms with E-state index in [1.165, 1.54) is 0 Å². The van der Waals surface area contributed by atoms with Crippen LogP contribution in [-0.2, 0) is 4.74 Å². The van der Waals surface area contributed by atoms with E-state index in [4.69, 9.17) is 4.74 Å². The van der Waals surface area contributed by atoms with Crippen LogP contribution >= 0.6 is 0 Å². The predicted octanol–water partition coefficient (Wildman–Crippen LogP) is 1.15. The topological polar surface area (TPSA) is 45.7 Å². The van der Waals surface area contributed by atoms with E-state index < -0.39 is 0 Å². The molecule has 0 aromatic rings. The largest absolute Gasteiger partial charge is 0.377 e. The molecular formula is C13H23N3O. The van der Waals surface area contributed by atoms with Gasteiger partial charge in [0.2, 0.25) is 0 Å². The number of nitrogens with zero attached hydrogens (tertiary/aromatic N) is 1. The van der Waals surface area contributed by atoms with Crippen molar-refractivity contribution in [2.75, 3.05) is 20.2 Å². The fourth-order valence-corrected chi connectivity index (χ4v) is 3.13. The number of nitrogens with one attached hydrogen (secondary N) is 2. The van der Waals surface area contributed by atoms with Crippen LogP contribution in [-0.4, -0.2) is 38.3 Å². The highest BCUT2D eigenvalue weighted by Gasteiger charge is 2.59. The molecule has 4 nitrogen and oxygen atoms in total. The van der Waals surface area contributed by atoms with Crippen molar-refractivity contribution in [2.45, 2.75) is 32.4 Å². The lowest BCUT2D eigenvalue weighted by molar-refractivity contribution is -0.106. The molecule has 0 bridgehead atoms. The minimum absolute atomic E-state index is 0.187. The van der Waals surface area contributed by atoms with Crippen molar-refractivity contribution in [2.24, 2.45) is 16.3 Å². The fraction of sp³-hybridized carbons (Fsp3) is 0.769. The van der Waals surface area contributed by atoms with Gasteiger partial charge in [0.15, 0.2) is 5.96 Å². The molecule has 0 aromatic heterocycles. The summed E-state index contributed by atoms with van der Waals surface area (Å²) >= 11 is 0. The number of rotatable bonds is 3. The van der Waals surface area contributed by atoms with Crippen LogP contribution in [0.2, 0.25) is 0 Å². The molecule has 0 spiro atoms. The number of aliphatic imine (C=N–C) groups is 1. The Labute approximate surface area is 104 Å². The summed E-state index contributed by atoms with van der Waals surface area (Å²) in [6.07, 6.45) is 3.40. The van der Waals surface area contributed by atoms with Crippen molar-refractivity contribution in [3.63, 3.8) is 0 Å². The standard InChI is InChI=1S/C13H23N3O/c1-5-7-15-12(14-4)16-10-9-6-8-17-11(9)13(10,2)3/h5,9-11H,1,6-8H2,2-4H3,(H2,14,15,16). The minimum atomic E-state index is 0.187. The molecule has 3 atom stereocenters. The molecule has 0 amide bonds. The van der Waals surface area contributed by atoms with Gasteiger partial charge in [0.25, 0.3) is 0 Å². The van der Waals surface area contributed by atoms with Crippen molar-refractivity contribution in [3.8, 4) is 0 Å². The molecule has 1 heterocycles. The number of hydrogen-bond acceptors (Lipinski definition) is 2. The molecule has 2 fully saturated rings. The summed E-state index contributed by atoms with van der Waals surface area (Å²) < 4.78 is 5.78. The minimum Gasteiger partial charge on any atom is -0.377 e. The van der Waals surface area contributed by atoms with Gasteiger partial charge in [-0.3, -0.25) is 4.99 Å². The third-order valence-electron chi connectivity index (χ3n) is 4.03. The number of hydrogen-bond donors (Lipinski definition) is 2. The second kappa shape index (κ2) is 4.69. The molecule has 2 rings (SSSR count). The molecule has 3 unspecified atom stereocenters. The number of ether oxygens (including phenoxy) is 1. The third-order valence-corrected chi connectivity index (χ3v) is 4.03. The Balaban J connectivity index is 1.96.